The molecule has 0 aromatic heterocycles. The maximum Gasteiger partial charge on any atom is 0.236 e. The first kappa shape index (κ1) is 21.5. The number of carbonyl (C=O) groups excluding carboxylic acids is 1. The van der Waals surface area contributed by atoms with Crippen LogP contribution >= 0.6 is 0 Å². The van der Waals surface area contributed by atoms with Crippen LogP contribution < -0.4 is 0 Å². The summed E-state index contributed by atoms with van der Waals surface area (Å²) in [6.45, 7) is 2.12. The Balaban J connectivity index is 1.31. The lowest BCUT2D eigenvalue weighted by atomic mass is 9.94. The Kier molecular flexibility index (Phi) is 6.68. The van der Waals surface area contributed by atoms with Gasteiger partial charge in [0.05, 0.1) is 0 Å². The molecule has 0 bridgehead atoms. The molecule has 1 saturated heterocycles. The van der Waals surface area contributed by atoms with E-state index in [0.717, 1.165) is 18.5 Å². The molecule has 0 unspecified atom stereocenters. The van der Waals surface area contributed by atoms with Crippen molar-refractivity contribution in [3.8, 4) is 0 Å². The molecule has 0 spiro atoms. The van der Waals surface area contributed by atoms with Crippen LogP contribution in [0.3, 0.4) is 0 Å². The first-order valence-corrected chi connectivity index (χ1v) is 12.3. The first-order chi connectivity index (χ1) is 15.0. The van der Waals surface area contributed by atoms with Gasteiger partial charge in [0.25, 0.3) is 0 Å². The number of benzene rings is 2. The quantitative estimate of drug-likeness (QED) is 0.712. The highest BCUT2D eigenvalue weighted by atomic mass is 32.2. The van der Waals surface area contributed by atoms with E-state index in [2.05, 4.69) is 18.2 Å². The Bertz CT molecular complexity index is 1050. The fourth-order valence-electron chi connectivity index (χ4n) is 4.21. The van der Waals surface area contributed by atoms with E-state index >= 15 is 0 Å². The molecule has 6 heteroatoms. The lowest BCUT2D eigenvalue weighted by molar-refractivity contribution is -0.136. The van der Waals surface area contributed by atoms with Crippen molar-refractivity contribution in [3.05, 3.63) is 83.3 Å². The van der Waals surface area contributed by atoms with E-state index in [4.69, 9.17) is 0 Å². The van der Waals surface area contributed by atoms with Gasteiger partial charge in [-0.05, 0) is 42.0 Å². The summed E-state index contributed by atoms with van der Waals surface area (Å²) in [6, 6.07) is 19.7. The van der Waals surface area contributed by atoms with E-state index in [0.29, 0.717) is 32.5 Å². The van der Waals surface area contributed by atoms with Crippen molar-refractivity contribution in [2.24, 2.45) is 5.92 Å². The van der Waals surface area contributed by atoms with E-state index in [-0.39, 0.29) is 11.8 Å². The zero-order valence-corrected chi connectivity index (χ0v) is 18.4. The van der Waals surface area contributed by atoms with Crippen molar-refractivity contribution < 1.29 is 13.2 Å². The van der Waals surface area contributed by atoms with E-state index in [1.165, 1.54) is 20.8 Å². The van der Waals surface area contributed by atoms with Crippen LogP contribution in [-0.4, -0.2) is 49.7 Å². The molecule has 0 aliphatic carbocycles. The standard InChI is InChI=1S/C25H28N2O3S/c28-25(26-16-11-23(12-17-26)22-9-5-2-6-10-22)24-13-18-27(19-14-24)31(29,30)20-15-21-7-3-1-4-8-21/h1-11,15,20,24H,12-14,16-19H2/b20-15+. The topological polar surface area (TPSA) is 57.7 Å². The van der Waals surface area contributed by atoms with Gasteiger partial charge < -0.3 is 4.90 Å². The second kappa shape index (κ2) is 9.62. The summed E-state index contributed by atoms with van der Waals surface area (Å²) in [4.78, 5) is 14.9. The van der Waals surface area contributed by atoms with Gasteiger partial charge in [-0.2, -0.15) is 4.31 Å². The maximum atomic E-state index is 13.0. The molecule has 2 aromatic rings. The van der Waals surface area contributed by atoms with Crippen molar-refractivity contribution >= 4 is 27.6 Å². The second-order valence-corrected chi connectivity index (χ2v) is 9.88. The third-order valence-corrected chi connectivity index (χ3v) is 7.63. The largest absolute Gasteiger partial charge is 0.338 e. The number of nitrogens with zero attached hydrogens (tertiary/aromatic N) is 2. The predicted octanol–water partition coefficient (Wildman–Crippen LogP) is 4.02. The zero-order valence-electron chi connectivity index (χ0n) is 17.6. The molecule has 5 nitrogen and oxygen atoms in total. The molecule has 4 rings (SSSR count). The van der Waals surface area contributed by atoms with Crippen molar-refractivity contribution in [2.75, 3.05) is 26.2 Å². The molecule has 2 aliphatic rings. The molecule has 0 saturated carbocycles. The Morgan fingerprint density at radius 3 is 2.16 bits per heavy atom. The van der Waals surface area contributed by atoms with Crippen molar-refractivity contribution in [1.82, 2.24) is 9.21 Å². The summed E-state index contributed by atoms with van der Waals surface area (Å²) in [5.41, 5.74) is 3.36. The molecule has 1 amide bonds. The maximum absolute atomic E-state index is 13.0. The smallest absolute Gasteiger partial charge is 0.236 e. The summed E-state index contributed by atoms with van der Waals surface area (Å²) in [5, 5.41) is 1.27. The third-order valence-electron chi connectivity index (χ3n) is 6.06. The number of hydrogen-bond acceptors (Lipinski definition) is 3. The van der Waals surface area contributed by atoms with Crippen molar-refractivity contribution in [2.45, 2.75) is 19.3 Å². The van der Waals surface area contributed by atoms with Crippen molar-refractivity contribution in [3.63, 3.8) is 0 Å². The van der Waals surface area contributed by atoms with Crippen LogP contribution in [-0.2, 0) is 14.8 Å². The van der Waals surface area contributed by atoms with Gasteiger partial charge in [0.1, 0.15) is 0 Å². The van der Waals surface area contributed by atoms with Gasteiger partial charge in [-0.1, -0.05) is 66.7 Å². The number of rotatable bonds is 5. The molecule has 162 valence electrons. The van der Waals surface area contributed by atoms with Gasteiger partial charge in [-0.15, -0.1) is 0 Å². The number of sulfonamides is 1. The summed E-state index contributed by atoms with van der Waals surface area (Å²) in [6.07, 6.45) is 5.76. The van der Waals surface area contributed by atoms with Crippen LogP contribution in [0.25, 0.3) is 11.6 Å². The Morgan fingerprint density at radius 1 is 0.903 bits per heavy atom. The molecule has 0 radical (unpaired) electrons. The normalized spacial score (nSPS) is 18.8. The lowest BCUT2D eigenvalue weighted by Gasteiger charge is -2.34. The third kappa shape index (κ3) is 5.32. The Morgan fingerprint density at radius 2 is 1.55 bits per heavy atom. The average molecular weight is 437 g/mol. The highest BCUT2D eigenvalue weighted by Crippen LogP contribution is 2.26. The Hall–Kier alpha value is -2.70. The molecule has 2 aliphatic heterocycles. The molecule has 0 N–H and O–H groups in total. The van der Waals surface area contributed by atoms with Crippen LogP contribution in [0.15, 0.2) is 72.1 Å². The summed E-state index contributed by atoms with van der Waals surface area (Å²) in [7, 11) is -3.48. The molecule has 2 heterocycles. The first-order valence-electron chi connectivity index (χ1n) is 10.8. The SMILES string of the molecule is O=C(C1CCN(S(=O)(=O)/C=C/c2ccccc2)CC1)N1CC=C(c2ccccc2)CC1. The van der Waals surface area contributed by atoms with Crippen LogP contribution in [0.1, 0.15) is 30.4 Å². The molecule has 2 aromatic carbocycles. The number of amides is 1. The van der Waals surface area contributed by atoms with Gasteiger partial charge in [0.2, 0.25) is 15.9 Å². The molecular formula is C25H28N2O3S. The number of carbonyl (C=O) groups is 1. The minimum atomic E-state index is -3.48. The Labute approximate surface area is 184 Å². The molecule has 31 heavy (non-hydrogen) atoms. The van der Waals surface area contributed by atoms with Gasteiger partial charge in [-0.25, -0.2) is 8.42 Å². The second-order valence-electron chi connectivity index (χ2n) is 8.06. The highest BCUT2D eigenvalue weighted by Gasteiger charge is 2.32. The van der Waals surface area contributed by atoms with Gasteiger partial charge in [-0.3, -0.25) is 4.79 Å². The summed E-state index contributed by atoms with van der Waals surface area (Å²) >= 11 is 0. The molecular weight excluding hydrogens is 408 g/mol. The van der Waals surface area contributed by atoms with Gasteiger partial charge in [0.15, 0.2) is 0 Å². The minimum absolute atomic E-state index is 0.101. The van der Waals surface area contributed by atoms with Gasteiger partial charge in [0, 0.05) is 37.5 Å². The van der Waals surface area contributed by atoms with Crippen LogP contribution in [0.5, 0.6) is 0 Å². The number of hydrogen-bond donors (Lipinski definition) is 0. The van der Waals surface area contributed by atoms with E-state index in [9.17, 15) is 13.2 Å². The van der Waals surface area contributed by atoms with E-state index in [1.807, 2.05) is 53.4 Å². The average Bonchev–Trinajstić information content (AvgIpc) is 2.84. The summed E-state index contributed by atoms with van der Waals surface area (Å²) < 4.78 is 26.8. The van der Waals surface area contributed by atoms with Crippen molar-refractivity contribution in [1.29, 1.82) is 0 Å². The van der Waals surface area contributed by atoms with E-state index < -0.39 is 10.0 Å². The fraction of sp³-hybridized carbons (Fsp3) is 0.320. The lowest BCUT2D eigenvalue weighted by Crippen LogP contribution is -2.45. The van der Waals surface area contributed by atoms with Crippen LogP contribution in [0.2, 0.25) is 0 Å². The highest BCUT2D eigenvalue weighted by molar-refractivity contribution is 7.92. The van der Waals surface area contributed by atoms with Crippen LogP contribution in [0.4, 0.5) is 0 Å². The van der Waals surface area contributed by atoms with Gasteiger partial charge >= 0.3 is 0 Å². The zero-order chi connectivity index (χ0) is 21.7. The molecule has 0 atom stereocenters. The monoisotopic (exact) mass is 436 g/mol. The fourth-order valence-corrected chi connectivity index (χ4v) is 5.43. The summed E-state index contributed by atoms with van der Waals surface area (Å²) in [5.74, 6) is 0.0523. The molecule has 1 fully saturated rings. The minimum Gasteiger partial charge on any atom is -0.338 e. The number of piperidine rings is 1. The van der Waals surface area contributed by atoms with E-state index in [1.54, 1.807) is 6.08 Å². The van der Waals surface area contributed by atoms with Crippen LogP contribution in [0, 0.1) is 5.92 Å². The predicted molar refractivity (Wildman–Crippen MR) is 124 cm³/mol.